The van der Waals surface area contributed by atoms with Gasteiger partial charge < -0.3 is 9.15 Å². The molecule has 2 heterocycles. The molecule has 0 saturated carbocycles. The maximum atomic E-state index is 12.4. The second kappa shape index (κ2) is 5.49. The molecule has 0 bridgehead atoms. The Morgan fingerprint density at radius 3 is 2.81 bits per heavy atom. The third-order valence-corrected chi connectivity index (χ3v) is 3.79. The number of nitrogens with zero attached hydrogens (tertiary/aromatic N) is 1. The Labute approximate surface area is 125 Å². The van der Waals surface area contributed by atoms with Gasteiger partial charge in [-0.25, -0.2) is 4.90 Å². The van der Waals surface area contributed by atoms with Gasteiger partial charge in [-0.15, -0.1) is 0 Å². The van der Waals surface area contributed by atoms with Crippen molar-refractivity contribution in [1.29, 1.82) is 0 Å². The van der Waals surface area contributed by atoms with Crippen molar-refractivity contribution >= 4 is 34.7 Å². The molecule has 3 rings (SSSR count). The van der Waals surface area contributed by atoms with Gasteiger partial charge in [0.25, 0.3) is 11.1 Å². The van der Waals surface area contributed by atoms with Crippen molar-refractivity contribution in [2.75, 3.05) is 12.0 Å². The van der Waals surface area contributed by atoms with Crippen LogP contribution in [0.4, 0.5) is 10.5 Å². The highest BCUT2D eigenvalue weighted by atomic mass is 32.2. The molecule has 1 aliphatic heterocycles. The van der Waals surface area contributed by atoms with Gasteiger partial charge in [-0.1, -0.05) is 6.07 Å². The van der Waals surface area contributed by atoms with E-state index >= 15 is 0 Å². The summed E-state index contributed by atoms with van der Waals surface area (Å²) in [5.74, 6) is 0.752. The summed E-state index contributed by atoms with van der Waals surface area (Å²) in [6.07, 6.45) is 3.07. The molecule has 0 radical (unpaired) electrons. The Morgan fingerprint density at radius 1 is 1.24 bits per heavy atom. The van der Waals surface area contributed by atoms with Gasteiger partial charge in [0.05, 0.1) is 24.0 Å². The Kier molecular flexibility index (Phi) is 3.53. The van der Waals surface area contributed by atoms with Crippen LogP contribution in [0.5, 0.6) is 5.75 Å². The molecule has 2 amide bonds. The molecule has 1 aromatic heterocycles. The molecule has 0 spiro atoms. The highest BCUT2D eigenvalue weighted by Crippen LogP contribution is 2.36. The van der Waals surface area contributed by atoms with Gasteiger partial charge in [0.15, 0.2) is 0 Å². The van der Waals surface area contributed by atoms with E-state index in [1.807, 2.05) is 0 Å². The molecule has 1 aliphatic rings. The first-order valence-electron chi connectivity index (χ1n) is 6.14. The predicted octanol–water partition coefficient (Wildman–Crippen LogP) is 3.53. The van der Waals surface area contributed by atoms with Gasteiger partial charge in [-0.05, 0) is 36.0 Å². The molecular formula is C15H11NO4S. The largest absolute Gasteiger partial charge is 0.497 e. The van der Waals surface area contributed by atoms with Gasteiger partial charge in [-0.3, -0.25) is 9.59 Å². The van der Waals surface area contributed by atoms with Crippen LogP contribution < -0.4 is 9.64 Å². The van der Waals surface area contributed by atoms with Crippen LogP contribution in [0.15, 0.2) is 52.0 Å². The van der Waals surface area contributed by atoms with Crippen LogP contribution in [0.25, 0.3) is 6.08 Å². The lowest BCUT2D eigenvalue weighted by Gasteiger charge is -2.13. The summed E-state index contributed by atoms with van der Waals surface area (Å²) < 4.78 is 10.3. The summed E-state index contributed by atoms with van der Waals surface area (Å²) >= 11 is 0.886. The van der Waals surface area contributed by atoms with Crippen LogP contribution in [0, 0.1) is 0 Å². The number of methoxy groups -OCH3 is 1. The van der Waals surface area contributed by atoms with Crippen LogP contribution in [-0.4, -0.2) is 18.3 Å². The van der Waals surface area contributed by atoms with Crippen molar-refractivity contribution in [3.63, 3.8) is 0 Å². The summed E-state index contributed by atoms with van der Waals surface area (Å²) in [7, 11) is 1.53. The topological polar surface area (TPSA) is 59.8 Å². The fraction of sp³-hybridized carbons (Fsp3) is 0.0667. The monoisotopic (exact) mass is 301 g/mol. The fourth-order valence-electron chi connectivity index (χ4n) is 1.94. The minimum atomic E-state index is -0.366. The highest BCUT2D eigenvalue weighted by molar-refractivity contribution is 8.19. The second-order valence-corrected chi connectivity index (χ2v) is 5.23. The van der Waals surface area contributed by atoms with E-state index in [0.717, 1.165) is 16.7 Å². The highest BCUT2D eigenvalue weighted by Gasteiger charge is 2.36. The number of anilines is 1. The van der Waals surface area contributed by atoms with Gasteiger partial charge in [0, 0.05) is 12.1 Å². The molecule has 0 N–H and O–H groups in total. The average molecular weight is 301 g/mol. The average Bonchev–Trinajstić information content (AvgIpc) is 3.08. The third-order valence-electron chi connectivity index (χ3n) is 2.92. The quantitative estimate of drug-likeness (QED) is 0.812. The number of amides is 2. The van der Waals surface area contributed by atoms with Crippen LogP contribution >= 0.6 is 11.8 Å². The second-order valence-electron chi connectivity index (χ2n) is 4.23. The molecule has 1 aromatic carbocycles. The number of ether oxygens (including phenoxy) is 1. The molecule has 6 heteroatoms. The van der Waals surface area contributed by atoms with Crippen molar-refractivity contribution in [3.8, 4) is 5.75 Å². The number of hydrogen-bond acceptors (Lipinski definition) is 5. The zero-order valence-electron chi connectivity index (χ0n) is 11.1. The van der Waals surface area contributed by atoms with E-state index in [9.17, 15) is 9.59 Å². The Bertz CT molecular complexity index is 721. The molecule has 1 saturated heterocycles. The number of thioether (sulfide) groups is 1. The normalized spacial score (nSPS) is 16.8. The SMILES string of the molecule is COc1cccc(N2C(=O)S/C(=C/c3ccco3)C2=O)c1. The Hall–Kier alpha value is -2.47. The molecule has 5 nitrogen and oxygen atoms in total. The molecule has 21 heavy (non-hydrogen) atoms. The van der Waals surface area contributed by atoms with Crippen molar-refractivity contribution in [1.82, 2.24) is 0 Å². The number of hydrogen-bond donors (Lipinski definition) is 0. The van der Waals surface area contributed by atoms with E-state index in [-0.39, 0.29) is 11.1 Å². The van der Waals surface area contributed by atoms with Crippen molar-refractivity contribution in [3.05, 3.63) is 53.3 Å². The molecule has 0 unspecified atom stereocenters. The van der Waals surface area contributed by atoms with Gasteiger partial charge in [0.1, 0.15) is 11.5 Å². The molecule has 1 fully saturated rings. The standard InChI is InChI=1S/C15H11NO4S/c1-19-11-5-2-4-10(8-11)16-14(17)13(21-15(16)18)9-12-6-3-7-20-12/h2-9H,1H3/b13-9+. The zero-order chi connectivity index (χ0) is 14.8. The van der Waals surface area contributed by atoms with Crippen LogP contribution in [0.3, 0.4) is 0 Å². The Balaban J connectivity index is 1.93. The van der Waals surface area contributed by atoms with E-state index in [1.54, 1.807) is 42.5 Å². The molecule has 0 atom stereocenters. The minimum absolute atomic E-state index is 0.331. The first-order chi connectivity index (χ1) is 10.2. The van der Waals surface area contributed by atoms with Crippen molar-refractivity contribution in [2.24, 2.45) is 0 Å². The van der Waals surface area contributed by atoms with E-state index in [4.69, 9.17) is 9.15 Å². The summed E-state index contributed by atoms with van der Waals surface area (Å²) in [4.78, 5) is 25.9. The van der Waals surface area contributed by atoms with Crippen LogP contribution in [0.1, 0.15) is 5.76 Å². The first-order valence-corrected chi connectivity index (χ1v) is 6.96. The lowest BCUT2D eigenvalue weighted by molar-refractivity contribution is -0.113. The number of carbonyl (C=O) groups excluding carboxylic acids is 2. The number of imide groups is 1. The number of carbonyl (C=O) groups is 2. The summed E-state index contributed by atoms with van der Waals surface area (Å²) in [5.41, 5.74) is 0.486. The minimum Gasteiger partial charge on any atom is -0.497 e. The summed E-state index contributed by atoms with van der Waals surface area (Å²) in [5, 5.41) is -0.342. The Morgan fingerprint density at radius 2 is 2.10 bits per heavy atom. The number of furan rings is 1. The van der Waals surface area contributed by atoms with E-state index in [1.165, 1.54) is 13.4 Å². The maximum Gasteiger partial charge on any atom is 0.298 e. The summed E-state index contributed by atoms with van der Waals surface area (Å²) in [6, 6.07) is 10.3. The number of rotatable bonds is 3. The lowest BCUT2D eigenvalue weighted by atomic mass is 10.2. The molecular weight excluding hydrogens is 290 g/mol. The van der Waals surface area contributed by atoms with Crippen LogP contribution in [-0.2, 0) is 4.79 Å². The van der Waals surface area contributed by atoms with Gasteiger partial charge in [0.2, 0.25) is 0 Å². The van der Waals surface area contributed by atoms with Crippen molar-refractivity contribution < 1.29 is 18.7 Å². The van der Waals surface area contributed by atoms with E-state index in [2.05, 4.69) is 0 Å². The molecule has 0 aliphatic carbocycles. The molecule has 106 valence electrons. The number of benzene rings is 1. The van der Waals surface area contributed by atoms with E-state index < -0.39 is 0 Å². The van der Waals surface area contributed by atoms with Gasteiger partial charge in [-0.2, -0.15) is 0 Å². The van der Waals surface area contributed by atoms with Crippen molar-refractivity contribution in [2.45, 2.75) is 0 Å². The maximum absolute atomic E-state index is 12.4. The third kappa shape index (κ3) is 2.57. The fourth-order valence-corrected chi connectivity index (χ4v) is 2.76. The van der Waals surface area contributed by atoms with Gasteiger partial charge >= 0.3 is 0 Å². The first kappa shape index (κ1) is 13.5. The van der Waals surface area contributed by atoms with Crippen LogP contribution in [0.2, 0.25) is 0 Å². The summed E-state index contributed by atoms with van der Waals surface area (Å²) in [6.45, 7) is 0. The van der Waals surface area contributed by atoms with E-state index in [0.29, 0.717) is 22.1 Å². The predicted molar refractivity (Wildman–Crippen MR) is 80.2 cm³/mol. The zero-order valence-corrected chi connectivity index (χ0v) is 11.9. The lowest BCUT2D eigenvalue weighted by Crippen LogP contribution is -2.27. The molecule has 2 aromatic rings. The smallest absolute Gasteiger partial charge is 0.298 e.